The topological polar surface area (TPSA) is 65.8 Å². The number of nitrogens with zero attached hydrogens (tertiary/aromatic N) is 2. The zero-order chi connectivity index (χ0) is 14.8. The van der Waals surface area contributed by atoms with Crippen LogP contribution in [-0.4, -0.2) is 22.7 Å². The summed E-state index contributed by atoms with van der Waals surface area (Å²) in [6, 6.07) is 4.57. The molecule has 1 unspecified atom stereocenters. The molecular weight excluding hydrogens is 282 g/mol. The number of aromatic nitrogens is 1. The number of nitriles is 1. The molecule has 4 nitrogen and oxygen atoms in total. The normalized spacial score (nSPS) is 20.5. The molecule has 0 saturated heterocycles. The van der Waals surface area contributed by atoms with Crippen LogP contribution in [0.3, 0.4) is 0 Å². The predicted molar refractivity (Wildman–Crippen MR) is 82.0 cm³/mol. The summed E-state index contributed by atoms with van der Waals surface area (Å²) < 4.78 is 0. The number of fused-ring (bicyclic) bond motifs is 1. The van der Waals surface area contributed by atoms with Gasteiger partial charge < -0.3 is 5.32 Å². The van der Waals surface area contributed by atoms with Gasteiger partial charge in [0.25, 0.3) is 0 Å². The molecule has 1 aromatic rings. The Balaban J connectivity index is 1.71. The fourth-order valence-electron chi connectivity index (χ4n) is 2.65. The Bertz CT molecular complexity index is 604. The summed E-state index contributed by atoms with van der Waals surface area (Å²) in [6.45, 7) is 2.24. The molecule has 3 rings (SSSR count). The van der Waals surface area contributed by atoms with Crippen molar-refractivity contribution in [2.45, 2.75) is 50.1 Å². The molecule has 0 bridgehead atoms. The molecule has 1 atom stereocenters. The van der Waals surface area contributed by atoms with Gasteiger partial charge in [-0.1, -0.05) is 18.7 Å². The zero-order valence-corrected chi connectivity index (χ0v) is 13.0. The highest BCUT2D eigenvalue weighted by atomic mass is 32.2. The molecule has 2 aliphatic rings. The van der Waals surface area contributed by atoms with Crippen molar-refractivity contribution in [3.05, 3.63) is 22.9 Å². The fraction of sp³-hybridized carbons (Fsp3) is 0.562. The van der Waals surface area contributed by atoms with Gasteiger partial charge in [0.15, 0.2) is 0 Å². The molecule has 2 aliphatic carbocycles. The summed E-state index contributed by atoms with van der Waals surface area (Å²) in [5.74, 6) is 1.04. The van der Waals surface area contributed by atoms with Crippen molar-refractivity contribution in [3.8, 4) is 6.07 Å². The monoisotopic (exact) mass is 301 g/mol. The van der Waals surface area contributed by atoms with Gasteiger partial charge in [0.1, 0.15) is 11.1 Å². The summed E-state index contributed by atoms with van der Waals surface area (Å²) in [4.78, 5) is 16.4. The summed E-state index contributed by atoms with van der Waals surface area (Å²) in [6.07, 6.45) is 5.32. The van der Waals surface area contributed by atoms with Crippen molar-refractivity contribution in [2.75, 3.05) is 5.75 Å². The second-order valence-electron chi connectivity index (χ2n) is 6.04. The standard InChI is InChI=1S/C16H19N3OS/c1-10-2-5-14-11(6-10)7-12(8-17)16(19-14)21-9-15(20)18-13-3-4-13/h7,10,13H,2-6,9H2,1H3,(H,18,20). The number of thioether (sulfide) groups is 1. The molecule has 1 saturated carbocycles. The Hall–Kier alpha value is -1.54. The molecule has 1 fully saturated rings. The van der Waals surface area contributed by atoms with E-state index in [1.165, 1.54) is 17.3 Å². The van der Waals surface area contributed by atoms with E-state index in [0.717, 1.165) is 37.8 Å². The van der Waals surface area contributed by atoms with Crippen LogP contribution in [0.4, 0.5) is 0 Å². The van der Waals surface area contributed by atoms with E-state index >= 15 is 0 Å². The third-order valence-corrected chi connectivity index (χ3v) is 4.99. The molecule has 21 heavy (non-hydrogen) atoms. The number of hydrogen-bond acceptors (Lipinski definition) is 4. The van der Waals surface area contributed by atoms with Gasteiger partial charge in [-0.2, -0.15) is 5.26 Å². The lowest BCUT2D eigenvalue weighted by Gasteiger charge is -2.21. The van der Waals surface area contributed by atoms with Crippen LogP contribution in [0.25, 0.3) is 0 Å². The van der Waals surface area contributed by atoms with Crippen LogP contribution in [0, 0.1) is 17.2 Å². The van der Waals surface area contributed by atoms with Crippen molar-refractivity contribution < 1.29 is 4.79 Å². The van der Waals surface area contributed by atoms with Crippen LogP contribution in [0.1, 0.15) is 43.0 Å². The number of rotatable bonds is 4. The molecule has 110 valence electrons. The molecule has 1 N–H and O–H groups in total. The Morgan fingerprint density at radius 2 is 2.33 bits per heavy atom. The van der Waals surface area contributed by atoms with Crippen LogP contribution in [0.5, 0.6) is 0 Å². The largest absolute Gasteiger partial charge is 0.353 e. The Kier molecular flexibility index (Phi) is 4.16. The van der Waals surface area contributed by atoms with E-state index in [9.17, 15) is 10.1 Å². The van der Waals surface area contributed by atoms with E-state index in [0.29, 0.717) is 28.3 Å². The first-order valence-corrected chi connectivity index (χ1v) is 8.49. The summed E-state index contributed by atoms with van der Waals surface area (Å²) in [7, 11) is 0. The van der Waals surface area contributed by atoms with Gasteiger partial charge in [0.2, 0.25) is 5.91 Å². The summed E-state index contributed by atoms with van der Waals surface area (Å²) >= 11 is 1.38. The SMILES string of the molecule is CC1CCc2nc(SCC(=O)NC3CC3)c(C#N)cc2C1. The first-order chi connectivity index (χ1) is 10.2. The average molecular weight is 301 g/mol. The number of hydrogen-bond donors (Lipinski definition) is 1. The maximum atomic E-state index is 11.8. The van der Waals surface area contributed by atoms with Crippen molar-refractivity contribution in [1.29, 1.82) is 5.26 Å². The van der Waals surface area contributed by atoms with E-state index in [2.05, 4.69) is 23.3 Å². The van der Waals surface area contributed by atoms with Crippen LogP contribution in [-0.2, 0) is 17.6 Å². The third-order valence-electron chi connectivity index (χ3n) is 4.00. The predicted octanol–water partition coefficient (Wildman–Crippen LogP) is 2.45. The molecule has 0 aromatic carbocycles. The van der Waals surface area contributed by atoms with Crippen molar-refractivity contribution in [1.82, 2.24) is 10.3 Å². The Labute approximate surface area is 129 Å². The number of carbonyl (C=O) groups is 1. The van der Waals surface area contributed by atoms with Gasteiger partial charge >= 0.3 is 0 Å². The van der Waals surface area contributed by atoms with Crippen LogP contribution < -0.4 is 5.32 Å². The van der Waals surface area contributed by atoms with Gasteiger partial charge in [-0.05, 0) is 49.7 Å². The van der Waals surface area contributed by atoms with E-state index in [-0.39, 0.29) is 5.91 Å². The first-order valence-electron chi connectivity index (χ1n) is 7.50. The van der Waals surface area contributed by atoms with Crippen LogP contribution >= 0.6 is 11.8 Å². The summed E-state index contributed by atoms with van der Waals surface area (Å²) in [5.41, 5.74) is 2.92. The Morgan fingerprint density at radius 1 is 1.52 bits per heavy atom. The molecule has 1 aromatic heterocycles. The number of pyridine rings is 1. The first kappa shape index (κ1) is 14.4. The van der Waals surface area contributed by atoms with Gasteiger partial charge in [0.05, 0.1) is 11.3 Å². The summed E-state index contributed by atoms with van der Waals surface area (Å²) in [5, 5.41) is 13.0. The van der Waals surface area contributed by atoms with Crippen molar-refractivity contribution in [2.24, 2.45) is 5.92 Å². The molecule has 5 heteroatoms. The van der Waals surface area contributed by atoms with Gasteiger partial charge in [-0.3, -0.25) is 4.79 Å². The minimum absolute atomic E-state index is 0.0412. The molecule has 0 aliphatic heterocycles. The smallest absolute Gasteiger partial charge is 0.230 e. The molecule has 1 heterocycles. The van der Waals surface area contributed by atoms with Crippen molar-refractivity contribution in [3.63, 3.8) is 0 Å². The Morgan fingerprint density at radius 3 is 3.05 bits per heavy atom. The maximum Gasteiger partial charge on any atom is 0.230 e. The number of aryl methyl sites for hydroxylation is 1. The van der Waals surface area contributed by atoms with E-state index in [4.69, 9.17) is 0 Å². The fourth-order valence-corrected chi connectivity index (χ4v) is 3.43. The van der Waals surface area contributed by atoms with Crippen LogP contribution in [0.2, 0.25) is 0 Å². The van der Waals surface area contributed by atoms with Gasteiger partial charge in [-0.15, -0.1) is 0 Å². The highest BCUT2D eigenvalue weighted by molar-refractivity contribution is 8.00. The van der Waals surface area contributed by atoms with Gasteiger partial charge in [0, 0.05) is 11.7 Å². The quantitative estimate of drug-likeness (QED) is 0.868. The zero-order valence-electron chi connectivity index (χ0n) is 12.2. The molecular formula is C16H19N3OS. The lowest BCUT2D eigenvalue weighted by Crippen LogP contribution is -2.27. The third kappa shape index (κ3) is 3.56. The molecule has 1 amide bonds. The van der Waals surface area contributed by atoms with Crippen LogP contribution in [0.15, 0.2) is 11.1 Å². The molecule has 0 spiro atoms. The second kappa shape index (κ2) is 6.07. The maximum absolute atomic E-state index is 11.8. The van der Waals surface area contributed by atoms with E-state index in [1.807, 2.05) is 6.07 Å². The minimum atomic E-state index is 0.0412. The second-order valence-corrected chi connectivity index (χ2v) is 7.00. The van der Waals surface area contributed by atoms with Gasteiger partial charge in [-0.25, -0.2) is 4.98 Å². The van der Waals surface area contributed by atoms with E-state index in [1.54, 1.807) is 0 Å². The van der Waals surface area contributed by atoms with Crippen molar-refractivity contribution >= 4 is 17.7 Å². The van der Waals surface area contributed by atoms with E-state index < -0.39 is 0 Å². The number of amides is 1. The number of nitrogens with one attached hydrogen (secondary N) is 1. The lowest BCUT2D eigenvalue weighted by atomic mass is 9.87. The number of carbonyl (C=O) groups excluding carboxylic acids is 1. The average Bonchev–Trinajstić information content (AvgIpc) is 3.28. The molecule has 0 radical (unpaired) electrons. The highest BCUT2D eigenvalue weighted by Gasteiger charge is 2.24. The highest BCUT2D eigenvalue weighted by Crippen LogP contribution is 2.29. The minimum Gasteiger partial charge on any atom is -0.353 e. The lowest BCUT2D eigenvalue weighted by molar-refractivity contribution is -0.118.